The lowest BCUT2D eigenvalue weighted by Gasteiger charge is -2.64. The lowest BCUT2D eigenvalue weighted by atomic mass is 9.41. The fourth-order valence-corrected chi connectivity index (χ4v) is 11.2. The highest BCUT2D eigenvalue weighted by Crippen LogP contribution is 2.69. The van der Waals surface area contributed by atoms with Gasteiger partial charge in [-0.05, 0) is 163 Å². The van der Waals surface area contributed by atoms with Crippen LogP contribution < -0.4 is 10.6 Å². The molecule has 6 heteroatoms. The lowest BCUT2D eigenvalue weighted by molar-refractivity contribution is -0.154. The third-order valence-electron chi connectivity index (χ3n) is 14.1. The van der Waals surface area contributed by atoms with E-state index >= 15 is 0 Å². The van der Waals surface area contributed by atoms with E-state index in [2.05, 4.69) is 44.9 Å². The number of aldehydes is 1. The summed E-state index contributed by atoms with van der Waals surface area (Å²) >= 11 is 0. The van der Waals surface area contributed by atoms with Crippen LogP contribution in [0.2, 0.25) is 0 Å². The number of fused-ring (bicyclic) bond motifs is 5. The number of carbonyl (C=O) groups excluding carboxylic acids is 2. The number of likely N-dealkylation sites (N-methyl/N-ethyl adjacent to an activating group) is 1. The van der Waals surface area contributed by atoms with Crippen LogP contribution in [0.15, 0.2) is 36.4 Å². The van der Waals surface area contributed by atoms with Gasteiger partial charge in [-0.2, -0.15) is 0 Å². The van der Waals surface area contributed by atoms with Crippen molar-refractivity contribution in [3.8, 4) is 0 Å². The van der Waals surface area contributed by atoms with Crippen LogP contribution in [0, 0.1) is 51.2 Å². The van der Waals surface area contributed by atoms with E-state index in [1.807, 2.05) is 39.1 Å². The molecule has 3 N–H and O–H groups in total. The molecule has 0 aliphatic heterocycles. The van der Waals surface area contributed by atoms with Crippen LogP contribution in [-0.4, -0.2) is 43.4 Å². The summed E-state index contributed by atoms with van der Waals surface area (Å²) in [5, 5.41) is 14.9. The molecule has 0 aromatic heterocycles. The summed E-state index contributed by atoms with van der Waals surface area (Å²) in [6.45, 7) is 18.7. The van der Waals surface area contributed by atoms with Gasteiger partial charge in [-0.25, -0.2) is 0 Å². The minimum Gasteiger partial charge on any atom is -0.481 e. The third kappa shape index (κ3) is 9.75. The zero-order valence-corrected chi connectivity index (χ0v) is 33.4. The summed E-state index contributed by atoms with van der Waals surface area (Å²) in [5.41, 5.74) is 3.32. The predicted molar refractivity (Wildman–Crippen MR) is 210 cm³/mol. The Morgan fingerprint density at radius 1 is 0.980 bits per heavy atom. The summed E-state index contributed by atoms with van der Waals surface area (Å²) in [6.07, 6.45) is 21.4. The number of carboxylic acid groups (broad SMARTS) is 1. The van der Waals surface area contributed by atoms with Gasteiger partial charge in [0.15, 0.2) is 0 Å². The minimum absolute atomic E-state index is 0.0829. The number of hydrogen-bond acceptors (Lipinski definition) is 4. The highest BCUT2D eigenvalue weighted by Gasteiger charge is 2.61. The minimum atomic E-state index is -0.819. The van der Waals surface area contributed by atoms with E-state index in [0.29, 0.717) is 29.2 Å². The molecule has 1 amide bonds. The maximum Gasteiger partial charge on any atom is 0.311 e. The maximum atomic E-state index is 12.1. The second-order valence-corrected chi connectivity index (χ2v) is 18.6. The van der Waals surface area contributed by atoms with E-state index in [9.17, 15) is 14.4 Å². The predicted octanol–water partition coefficient (Wildman–Crippen LogP) is 10.1. The van der Waals surface area contributed by atoms with Gasteiger partial charge in [-0.15, -0.1) is 6.58 Å². The van der Waals surface area contributed by atoms with Crippen molar-refractivity contribution in [1.29, 1.82) is 0 Å². The summed E-state index contributed by atoms with van der Waals surface area (Å²) in [4.78, 5) is 35.2. The van der Waals surface area contributed by atoms with Crippen molar-refractivity contribution in [2.75, 3.05) is 20.1 Å². The maximum absolute atomic E-state index is 12.1. The Labute approximate surface area is 310 Å². The van der Waals surface area contributed by atoms with E-state index in [-0.39, 0.29) is 17.9 Å². The topological polar surface area (TPSA) is 95.5 Å². The first-order valence-corrected chi connectivity index (χ1v) is 20.5. The molecule has 5 saturated carbocycles. The van der Waals surface area contributed by atoms with Crippen molar-refractivity contribution in [3.63, 3.8) is 0 Å². The normalized spacial score (nSPS) is 32.8. The molecule has 1 aromatic carbocycles. The van der Waals surface area contributed by atoms with E-state index in [1.54, 1.807) is 6.07 Å². The van der Waals surface area contributed by atoms with Crippen molar-refractivity contribution in [1.82, 2.24) is 10.6 Å². The lowest BCUT2D eigenvalue weighted by Crippen LogP contribution is -2.56. The number of allylic oxidation sites excluding steroid dienone is 1. The third-order valence-corrected chi connectivity index (χ3v) is 14.1. The Morgan fingerprint density at radius 3 is 2.33 bits per heavy atom. The van der Waals surface area contributed by atoms with Gasteiger partial charge >= 0.3 is 5.97 Å². The van der Waals surface area contributed by atoms with Crippen LogP contribution in [-0.2, 0) is 16.0 Å². The average molecular weight is 705 g/mol. The number of carbonyl (C=O) groups is 3. The number of carboxylic acids is 1. The fourth-order valence-electron chi connectivity index (χ4n) is 11.2. The molecule has 0 saturated heterocycles. The molecule has 0 heterocycles. The Kier molecular flexibility index (Phi) is 14.2. The molecular weight excluding hydrogens is 633 g/mol. The first-order chi connectivity index (χ1) is 24.1. The summed E-state index contributed by atoms with van der Waals surface area (Å²) < 4.78 is 0. The SMILES string of the molecule is C=C(C)C.CC(C)CCCC1(C)CCCC2(C)C3CCC4(C=O)CCCC4C3CCC12.CNCCc1cccc(C(=O)NCC2(C(=O)O)CC2)c1. The molecule has 0 spiro atoms. The Balaban J connectivity index is 0.000000215. The Bertz CT molecular complexity index is 1350. The summed E-state index contributed by atoms with van der Waals surface area (Å²) in [5.74, 6) is 3.22. The van der Waals surface area contributed by atoms with Gasteiger partial charge in [0, 0.05) is 17.5 Å². The first-order valence-electron chi connectivity index (χ1n) is 20.5. The molecule has 286 valence electrons. The zero-order valence-electron chi connectivity index (χ0n) is 33.4. The van der Waals surface area contributed by atoms with Gasteiger partial charge in [0.25, 0.3) is 5.91 Å². The van der Waals surface area contributed by atoms with Gasteiger partial charge < -0.3 is 20.5 Å². The molecule has 5 aliphatic carbocycles. The number of nitrogens with one attached hydrogen (secondary N) is 2. The molecule has 1 aromatic rings. The largest absolute Gasteiger partial charge is 0.481 e. The summed E-state index contributed by atoms with van der Waals surface area (Å²) in [6, 6.07) is 7.43. The van der Waals surface area contributed by atoms with E-state index in [1.165, 1.54) is 95.3 Å². The molecule has 6 rings (SSSR count). The number of aliphatic carboxylic acids is 1. The number of rotatable bonds is 12. The molecule has 0 radical (unpaired) electrons. The van der Waals surface area contributed by atoms with Crippen LogP contribution >= 0.6 is 0 Å². The number of benzene rings is 1. The number of hydrogen-bond donors (Lipinski definition) is 3. The van der Waals surface area contributed by atoms with Crippen LogP contribution in [0.3, 0.4) is 0 Å². The fraction of sp³-hybridized carbons (Fsp3) is 0.756. The zero-order chi connectivity index (χ0) is 37.5. The van der Waals surface area contributed by atoms with Crippen molar-refractivity contribution in [2.45, 2.75) is 144 Å². The van der Waals surface area contributed by atoms with Gasteiger partial charge in [0.2, 0.25) is 0 Å². The Morgan fingerprint density at radius 2 is 1.71 bits per heavy atom. The molecular formula is C45H72N2O4. The molecule has 6 nitrogen and oxygen atoms in total. The quantitative estimate of drug-likeness (QED) is 0.149. The van der Waals surface area contributed by atoms with Crippen LogP contribution in [0.4, 0.5) is 0 Å². The second-order valence-electron chi connectivity index (χ2n) is 18.6. The van der Waals surface area contributed by atoms with Gasteiger partial charge in [-0.3, -0.25) is 9.59 Å². The molecule has 51 heavy (non-hydrogen) atoms. The van der Waals surface area contributed by atoms with Crippen molar-refractivity contribution >= 4 is 18.2 Å². The molecule has 0 bridgehead atoms. The van der Waals surface area contributed by atoms with Gasteiger partial charge in [0.1, 0.15) is 6.29 Å². The van der Waals surface area contributed by atoms with E-state index in [4.69, 9.17) is 5.11 Å². The highest BCUT2D eigenvalue weighted by molar-refractivity contribution is 5.94. The summed E-state index contributed by atoms with van der Waals surface area (Å²) in [7, 11) is 1.89. The molecule has 5 fully saturated rings. The standard InChI is InChI=1S/C26H44O.C15H20N2O3.C4H8/c1-19(2)8-5-13-24(3)14-7-15-25(4)21-12-17-26(18-27)16-6-9-22(26)20(21)10-11-23(24)25;1-16-8-5-11-3-2-4-12(9-11)13(18)17-10-15(6-7-15)14(19)20;1-4(2)3/h18-23H,5-17H2,1-4H3;2-4,9,16H,5-8,10H2,1H3,(H,17,18)(H,19,20);1H2,2-3H3. The highest BCUT2D eigenvalue weighted by atomic mass is 16.4. The molecule has 7 unspecified atom stereocenters. The van der Waals surface area contributed by atoms with E-state index in [0.717, 1.165) is 48.1 Å². The van der Waals surface area contributed by atoms with E-state index < -0.39 is 11.4 Å². The first kappa shape index (κ1) is 41.3. The van der Waals surface area contributed by atoms with Gasteiger partial charge in [0.05, 0.1) is 5.41 Å². The molecule has 5 aliphatic rings. The van der Waals surface area contributed by atoms with Crippen LogP contribution in [0.25, 0.3) is 0 Å². The van der Waals surface area contributed by atoms with Crippen LogP contribution in [0.5, 0.6) is 0 Å². The van der Waals surface area contributed by atoms with Gasteiger partial charge in [-0.1, -0.05) is 71.1 Å². The van der Waals surface area contributed by atoms with Crippen molar-refractivity contribution in [3.05, 3.63) is 47.5 Å². The van der Waals surface area contributed by atoms with Crippen molar-refractivity contribution in [2.24, 2.45) is 51.2 Å². The monoisotopic (exact) mass is 705 g/mol. The average Bonchev–Trinajstić information content (AvgIpc) is 3.76. The second kappa shape index (κ2) is 17.6. The molecule has 7 atom stereocenters. The van der Waals surface area contributed by atoms with Crippen LogP contribution in [0.1, 0.15) is 154 Å². The van der Waals surface area contributed by atoms with Crippen molar-refractivity contribution < 1.29 is 19.5 Å². The smallest absolute Gasteiger partial charge is 0.311 e. The Hall–Kier alpha value is -2.47. The number of amides is 1.